The van der Waals surface area contributed by atoms with Gasteiger partial charge in [-0.2, -0.15) is 0 Å². The largest absolute Gasteiger partial charge is 0.493 e. The average Bonchev–Trinajstić information content (AvgIpc) is 2.89. The molecule has 1 aliphatic rings. The third kappa shape index (κ3) is 2.61. The molecule has 21 heavy (non-hydrogen) atoms. The Morgan fingerprint density at radius 1 is 1.43 bits per heavy atom. The third-order valence-electron chi connectivity index (χ3n) is 3.99. The summed E-state index contributed by atoms with van der Waals surface area (Å²) in [7, 11) is 3.49. The maximum absolute atomic E-state index is 12.2. The van der Waals surface area contributed by atoms with Crippen molar-refractivity contribution >= 4 is 16.9 Å². The first kappa shape index (κ1) is 13.9. The summed E-state index contributed by atoms with van der Waals surface area (Å²) in [5.74, 6) is 0.847. The molecule has 0 spiro atoms. The molecule has 0 saturated heterocycles. The second kappa shape index (κ2) is 5.77. The molecular formula is C16H20N2O3. The minimum Gasteiger partial charge on any atom is -0.493 e. The number of hydrogen-bond donors (Lipinski definition) is 2. The van der Waals surface area contributed by atoms with E-state index in [0.717, 1.165) is 23.8 Å². The molecule has 5 heteroatoms. The van der Waals surface area contributed by atoms with Crippen LogP contribution in [0, 0.1) is 0 Å². The molecule has 1 aromatic carbocycles. The van der Waals surface area contributed by atoms with Crippen LogP contribution in [0.5, 0.6) is 5.75 Å². The number of nitrogens with one attached hydrogen (secondary N) is 2. The van der Waals surface area contributed by atoms with Crippen molar-refractivity contribution in [2.24, 2.45) is 0 Å². The van der Waals surface area contributed by atoms with Gasteiger partial charge >= 0.3 is 0 Å². The molecule has 3 rings (SSSR count). The van der Waals surface area contributed by atoms with E-state index < -0.39 is 0 Å². The van der Waals surface area contributed by atoms with Crippen molar-refractivity contribution in [3.05, 3.63) is 29.5 Å². The van der Waals surface area contributed by atoms with Crippen molar-refractivity contribution in [3.63, 3.8) is 0 Å². The number of methoxy groups -OCH3 is 1. The second-order valence-electron chi connectivity index (χ2n) is 5.41. The molecule has 2 N–H and O–H groups in total. The first-order valence-corrected chi connectivity index (χ1v) is 7.28. The van der Waals surface area contributed by atoms with Gasteiger partial charge in [-0.15, -0.1) is 0 Å². The molecule has 1 heterocycles. The van der Waals surface area contributed by atoms with E-state index in [1.54, 1.807) is 13.2 Å². The highest BCUT2D eigenvalue weighted by Crippen LogP contribution is 2.32. The number of benzene rings is 1. The summed E-state index contributed by atoms with van der Waals surface area (Å²) in [6, 6.07) is 5.95. The van der Waals surface area contributed by atoms with Crippen molar-refractivity contribution < 1.29 is 13.9 Å². The molecule has 0 bridgehead atoms. The highest BCUT2D eigenvalue weighted by Gasteiger charge is 2.23. The molecule has 1 amide bonds. The zero-order valence-electron chi connectivity index (χ0n) is 12.4. The van der Waals surface area contributed by atoms with Crippen LogP contribution in [0.4, 0.5) is 0 Å². The lowest BCUT2D eigenvalue weighted by molar-refractivity contribution is 0.0890. The van der Waals surface area contributed by atoms with E-state index in [-0.39, 0.29) is 5.91 Å². The van der Waals surface area contributed by atoms with Crippen LogP contribution in [0.2, 0.25) is 0 Å². The normalized spacial score (nSPS) is 15.0. The fourth-order valence-electron chi connectivity index (χ4n) is 2.58. The van der Waals surface area contributed by atoms with E-state index in [1.165, 1.54) is 6.42 Å². The van der Waals surface area contributed by atoms with Gasteiger partial charge in [0, 0.05) is 18.0 Å². The zero-order chi connectivity index (χ0) is 14.8. The maximum atomic E-state index is 12.2. The number of amides is 1. The molecular weight excluding hydrogens is 268 g/mol. The first-order chi connectivity index (χ1) is 10.2. The van der Waals surface area contributed by atoms with Crippen LogP contribution in [0.25, 0.3) is 11.0 Å². The molecule has 112 valence electrons. The summed E-state index contributed by atoms with van der Waals surface area (Å²) in [5.41, 5.74) is 1.71. The Hall–Kier alpha value is -2.01. The fourth-order valence-corrected chi connectivity index (χ4v) is 2.58. The molecule has 1 aliphatic carbocycles. The van der Waals surface area contributed by atoms with Crippen LogP contribution >= 0.6 is 0 Å². The summed E-state index contributed by atoms with van der Waals surface area (Å²) < 4.78 is 11.1. The minimum atomic E-state index is -0.145. The van der Waals surface area contributed by atoms with Gasteiger partial charge in [-0.1, -0.05) is 6.07 Å². The number of hydrogen-bond acceptors (Lipinski definition) is 4. The van der Waals surface area contributed by atoms with Gasteiger partial charge in [0.1, 0.15) is 0 Å². The average molecular weight is 288 g/mol. The Labute approximate surface area is 123 Å². The Bertz CT molecular complexity index is 659. The molecule has 0 atom stereocenters. The quantitative estimate of drug-likeness (QED) is 0.887. The summed E-state index contributed by atoms with van der Waals surface area (Å²) in [6.45, 7) is 0.712. The van der Waals surface area contributed by atoms with Crippen molar-refractivity contribution in [2.75, 3.05) is 14.2 Å². The van der Waals surface area contributed by atoms with Gasteiger partial charge in [-0.25, -0.2) is 0 Å². The number of rotatable bonds is 5. The fraction of sp³-hybridized carbons (Fsp3) is 0.438. The SMILES string of the molecule is CNCc1ccc(OC)c2oc(C(=O)NC3CCC3)cc12. The number of ether oxygens (including phenoxy) is 1. The lowest BCUT2D eigenvalue weighted by atomic mass is 9.93. The van der Waals surface area contributed by atoms with E-state index in [4.69, 9.17) is 9.15 Å². The highest BCUT2D eigenvalue weighted by atomic mass is 16.5. The smallest absolute Gasteiger partial charge is 0.287 e. The number of carbonyl (C=O) groups excluding carboxylic acids is 1. The molecule has 1 fully saturated rings. The standard InChI is InChI=1S/C16H20N2O3/c1-17-9-10-6-7-13(20-2)15-12(10)8-14(21-15)16(19)18-11-4-3-5-11/h6-8,11,17H,3-5,9H2,1-2H3,(H,18,19). The molecule has 0 aliphatic heterocycles. The van der Waals surface area contributed by atoms with Gasteiger partial charge in [0.15, 0.2) is 17.1 Å². The second-order valence-corrected chi connectivity index (χ2v) is 5.41. The lowest BCUT2D eigenvalue weighted by Gasteiger charge is -2.25. The minimum absolute atomic E-state index is 0.145. The summed E-state index contributed by atoms with van der Waals surface area (Å²) >= 11 is 0. The third-order valence-corrected chi connectivity index (χ3v) is 3.99. The van der Waals surface area contributed by atoms with Gasteiger partial charge in [0.25, 0.3) is 5.91 Å². The van der Waals surface area contributed by atoms with Gasteiger partial charge in [-0.05, 0) is 44.0 Å². The molecule has 1 aromatic heterocycles. The van der Waals surface area contributed by atoms with Crippen LogP contribution in [0.3, 0.4) is 0 Å². The van der Waals surface area contributed by atoms with Crippen molar-refractivity contribution in [3.8, 4) is 5.75 Å². The highest BCUT2D eigenvalue weighted by molar-refractivity contribution is 5.98. The summed E-state index contributed by atoms with van der Waals surface area (Å²) in [5, 5.41) is 7.03. The zero-order valence-corrected chi connectivity index (χ0v) is 12.4. The van der Waals surface area contributed by atoms with Crippen LogP contribution in [0.15, 0.2) is 22.6 Å². The summed E-state index contributed by atoms with van der Waals surface area (Å²) in [4.78, 5) is 12.2. The van der Waals surface area contributed by atoms with Gasteiger partial charge in [0.2, 0.25) is 0 Å². The maximum Gasteiger partial charge on any atom is 0.287 e. The van der Waals surface area contributed by atoms with Crippen LogP contribution in [0.1, 0.15) is 35.4 Å². The van der Waals surface area contributed by atoms with Crippen molar-refractivity contribution in [1.29, 1.82) is 0 Å². The molecule has 5 nitrogen and oxygen atoms in total. The van der Waals surface area contributed by atoms with Gasteiger partial charge < -0.3 is 19.8 Å². The number of carbonyl (C=O) groups is 1. The Balaban J connectivity index is 1.96. The predicted molar refractivity (Wildman–Crippen MR) is 80.6 cm³/mol. The van der Waals surface area contributed by atoms with Crippen molar-refractivity contribution in [1.82, 2.24) is 10.6 Å². The summed E-state index contributed by atoms with van der Waals surface area (Å²) in [6.07, 6.45) is 3.30. The Morgan fingerprint density at radius 3 is 2.86 bits per heavy atom. The van der Waals surface area contributed by atoms with Gasteiger partial charge in [0.05, 0.1) is 7.11 Å². The number of furan rings is 1. The van der Waals surface area contributed by atoms with E-state index in [1.807, 2.05) is 19.2 Å². The van der Waals surface area contributed by atoms with Crippen LogP contribution in [-0.2, 0) is 6.54 Å². The molecule has 0 unspecified atom stereocenters. The van der Waals surface area contributed by atoms with Gasteiger partial charge in [-0.3, -0.25) is 4.79 Å². The first-order valence-electron chi connectivity index (χ1n) is 7.28. The Morgan fingerprint density at radius 2 is 2.24 bits per heavy atom. The molecule has 2 aromatic rings. The van der Waals surface area contributed by atoms with E-state index >= 15 is 0 Å². The van der Waals surface area contributed by atoms with Crippen LogP contribution in [-0.4, -0.2) is 26.1 Å². The van der Waals surface area contributed by atoms with Crippen molar-refractivity contribution in [2.45, 2.75) is 31.8 Å². The number of fused-ring (bicyclic) bond motifs is 1. The molecule has 0 radical (unpaired) electrons. The molecule has 1 saturated carbocycles. The van der Waals surface area contributed by atoms with E-state index in [2.05, 4.69) is 10.6 Å². The lowest BCUT2D eigenvalue weighted by Crippen LogP contribution is -2.39. The van der Waals surface area contributed by atoms with E-state index in [0.29, 0.717) is 29.7 Å². The van der Waals surface area contributed by atoms with E-state index in [9.17, 15) is 4.79 Å². The topological polar surface area (TPSA) is 63.5 Å². The van der Waals surface area contributed by atoms with Crippen LogP contribution < -0.4 is 15.4 Å². The predicted octanol–water partition coefficient (Wildman–Crippen LogP) is 2.44. The Kier molecular flexibility index (Phi) is 3.84. The monoisotopic (exact) mass is 288 g/mol.